The van der Waals surface area contributed by atoms with E-state index in [2.05, 4.69) is 42.5 Å². The van der Waals surface area contributed by atoms with E-state index in [-0.39, 0.29) is 6.10 Å². The van der Waals surface area contributed by atoms with Crippen molar-refractivity contribution in [1.29, 1.82) is 0 Å². The molecular formula is C17H18O. The van der Waals surface area contributed by atoms with E-state index >= 15 is 0 Å². The van der Waals surface area contributed by atoms with Crippen molar-refractivity contribution in [2.24, 2.45) is 5.92 Å². The summed E-state index contributed by atoms with van der Waals surface area (Å²) in [6.45, 7) is 0. The van der Waals surface area contributed by atoms with E-state index in [1.165, 1.54) is 11.1 Å². The second-order valence-corrected chi connectivity index (χ2v) is 5.13. The minimum atomic E-state index is -0.310. The Labute approximate surface area is 108 Å². The Hall–Kier alpha value is -1.60. The lowest BCUT2D eigenvalue weighted by Gasteiger charge is -2.30. The zero-order valence-corrected chi connectivity index (χ0v) is 10.4. The molecule has 0 radical (unpaired) electrons. The average molecular weight is 238 g/mol. The van der Waals surface area contributed by atoms with Crippen LogP contribution in [0.15, 0.2) is 54.6 Å². The van der Waals surface area contributed by atoms with Crippen LogP contribution in [-0.2, 0) is 12.8 Å². The third-order valence-electron chi connectivity index (χ3n) is 3.95. The van der Waals surface area contributed by atoms with Gasteiger partial charge < -0.3 is 5.11 Å². The Morgan fingerprint density at radius 1 is 0.944 bits per heavy atom. The van der Waals surface area contributed by atoms with Gasteiger partial charge in [-0.1, -0.05) is 54.6 Å². The van der Waals surface area contributed by atoms with Gasteiger partial charge in [-0.15, -0.1) is 0 Å². The van der Waals surface area contributed by atoms with Crippen molar-refractivity contribution in [3.8, 4) is 0 Å². The van der Waals surface area contributed by atoms with Gasteiger partial charge in [0, 0.05) is 0 Å². The zero-order chi connectivity index (χ0) is 12.4. The van der Waals surface area contributed by atoms with Gasteiger partial charge >= 0.3 is 0 Å². The van der Waals surface area contributed by atoms with Gasteiger partial charge in [0.25, 0.3) is 0 Å². The Kier molecular flexibility index (Phi) is 3.16. The lowest BCUT2D eigenvalue weighted by Crippen LogP contribution is -2.22. The molecule has 3 rings (SSSR count). The first-order valence-electron chi connectivity index (χ1n) is 6.64. The van der Waals surface area contributed by atoms with E-state index in [1.54, 1.807) is 0 Å². The quantitative estimate of drug-likeness (QED) is 0.848. The van der Waals surface area contributed by atoms with Crippen LogP contribution in [0.1, 0.15) is 29.2 Å². The molecule has 0 saturated carbocycles. The monoisotopic (exact) mass is 238 g/mol. The van der Waals surface area contributed by atoms with Gasteiger partial charge in [0.1, 0.15) is 0 Å². The smallest absolute Gasteiger partial charge is 0.0824 e. The van der Waals surface area contributed by atoms with Crippen LogP contribution in [0.25, 0.3) is 0 Å². The third-order valence-corrected chi connectivity index (χ3v) is 3.95. The molecule has 1 heteroatoms. The molecule has 0 spiro atoms. The molecule has 2 aromatic carbocycles. The largest absolute Gasteiger partial charge is 0.388 e. The van der Waals surface area contributed by atoms with Crippen LogP contribution in [-0.4, -0.2) is 5.11 Å². The molecule has 92 valence electrons. The second kappa shape index (κ2) is 4.95. The highest BCUT2D eigenvalue weighted by molar-refractivity contribution is 5.32. The van der Waals surface area contributed by atoms with Crippen molar-refractivity contribution in [2.75, 3.05) is 0 Å². The lowest BCUT2D eigenvalue weighted by molar-refractivity contribution is 0.0936. The maximum Gasteiger partial charge on any atom is 0.0824 e. The van der Waals surface area contributed by atoms with E-state index in [0.29, 0.717) is 5.92 Å². The summed E-state index contributed by atoms with van der Waals surface area (Å²) in [5.74, 6) is 0.349. The van der Waals surface area contributed by atoms with Crippen LogP contribution in [0, 0.1) is 5.92 Å². The summed E-state index contributed by atoms with van der Waals surface area (Å²) in [4.78, 5) is 0. The highest BCUT2D eigenvalue weighted by Gasteiger charge is 2.27. The van der Waals surface area contributed by atoms with E-state index in [1.807, 2.05) is 12.1 Å². The summed E-state index contributed by atoms with van der Waals surface area (Å²) in [5, 5.41) is 10.5. The first-order valence-corrected chi connectivity index (χ1v) is 6.64. The van der Waals surface area contributed by atoms with Gasteiger partial charge in [-0.3, -0.25) is 0 Å². The molecule has 2 atom stereocenters. The second-order valence-electron chi connectivity index (χ2n) is 5.13. The van der Waals surface area contributed by atoms with Crippen LogP contribution in [0.5, 0.6) is 0 Å². The van der Waals surface area contributed by atoms with Gasteiger partial charge in [-0.25, -0.2) is 0 Å². The van der Waals surface area contributed by atoms with Crippen molar-refractivity contribution < 1.29 is 5.11 Å². The Morgan fingerprint density at radius 3 is 2.50 bits per heavy atom. The molecule has 0 aromatic heterocycles. The third kappa shape index (κ3) is 2.19. The van der Waals surface area contributed by atoms with Crippen LogP contribution < -0.4 is 0 Å². The van der Waals surface area contributed by atoms with Crippen LogP contribution in [0.2, 0.25) is 0 Å². The van der Waals surface area contributed by atoms with Crippen molar-refractivity contribution in [3.63, 3.8) is 0 Å². The molecule has 0 unspecified atom stereocenters. The predicted molar refractivity (Wildman–Crippen MR) is 73.4 cm³/mol. The van der Waals surface area contributed by atoms with Crippen molar-refractivity contribution in [3.05, 3.63) is 71.3 Å². The molecule has 0 bridgehead atoms. The molecule has 18 heavy (non-hydrogen) atoms. The summed E-state index contributed by atoms with van der Waals surface area (Å²) in [6, 6.07) is 18.7. The number of aryl methyl sites for hydroxylation is 1. The fourth-order valence-electron chi connectivity index (χ4n) is 2.93. The van der Waals surface area contributed by atoms with Crippen LogP contribution >= 0.6 is 0 Å². The van der Waals surface area contributed by atoms with E-state index < -0.39 is 0 Å². The van der Waals surface area contributed by atoms with Crippen molar-refractivity contribution in [2.45, 2.75) is 25.4 Å². The average Bonchev–Trinajstić information content (AvgIpc) is 2.43. The summed E-state index contributed by atoms with van der Waals surface area (Å²) in [7, 11) is 0. The van der Waals surface area contributed by atoms with Crippen LogP contribution in [0.3, 0.4) is 0 Å². The van der Waals surface area contributed by atoms with E-state index in [9.17, 15) is 5.11 Å². The first kappa shape index (κ1) is 11.5. The van der Waals surface area contributed by atoms with Crippen molar-refractivity contribution in [1.82, 2.24) is 0 Å². The molecule has 1 nitrogen and oxygen atoms in total. The highest BCUT2D eigenvalue weighted by atomic mass is 16.3. The molecular weight excluding hydrogens is 220 g/mol. The molecule has 2 aromatic rings. The number of fused-ring (bicyclic) bond motifs is 1. The van der Waals surface area contributed by atoms with Gasteiger partial charge in [0.2, 0.25) is 0 Å². The maximum atomic E-state index is 10.5. The van der Waals surface area contributed by atoms with E-state index in [0.717, 1.165) is 24.8 Å². The molecule has 1 aliphatic carbocycles. The molecule has 0 heterocycles. The first-order chi connectivity index (χ1) is 8.84. The summed E-state index contributed by atoms with van der Waals surface area (Å²) in [5.41, 5.74) is 3.76. The Bertz CT molecular complexity index is 518. The number of aliphatic hydroxyl groups is 1. The fraction of sp³-hybridized carbons (Fsp3) is 0.294. The molecule has 0 fully saturated rings. The fourth-order valence-corrected chi connectivity index (χ4v) is 2.93. The maximum absolute atomic E-state index is 10.5. The molecule has 0 amide bonds. The minimum absolute atomic E-state index is 0.310. The van der Waals surface area contributed by atoms with Crippen LogP contribution in [0.4, 0.5) is 0 Å². The highest BCUT2D eigenvalue weighted by Crippen LogP contribution is 2.36. The zero-order valence-electron chi connectivity index (χ0n) is 10.4. The molecule has 0 aliphatic heterocycles. The van der Waals surface area contributed by atoms with Gasteiger partial charge in [0.15, 0.2) is 0 Å². The van der Waals surface area contributed by atoms with Gasteiger partial charge in [-0.05, 0) is 41.9 Å². The number of aliphatic hydroxyl groups excluding tert-OH is 1. The number of hydrogen-bond donors (Lipinski definition) is 1. The summed E-state index contributed by atoms with van der Waals surface area (Å²) < 4.78 is 0. The predicted octanol–water partition coefficient (Wildman–Crippen LogP) is 3.53. The van der Waals surface area contributed by atoms with E-state index in [4.69, 9.17) is 0 Å². The minimum Gasteiger partial charge on any atom is -0.388 e. The summed E-state index contributed by atoms with van der Waals surface area (Å²) >= 11 is 0. The Morgan fingerprint density at radius 2 is 1.67 bits per heavy atom. The van der Waals surface area contributed by atoms with Crippen molar-refractivity contribution >= 4 is 0 Å². The molecule has 1 aliphatic rings. The SMILES string of the molecule is O[C@@H]1c2ccccc2CC[C@@H]1Cc1ccccc1. The molecule has 0 saturated heterocycles. The van der Waals surface area contributed by atoms with Gasteiger partial charge in [-0.2, -0.15) is 0 Å². The van der Waals surface area contributed by atoms with Gasteiger partial charge in [0.05, 0.1) is 6.10 Å². The standard InChI is InChI=1S/C17H18O/c18-17-15(12-13-6-2-1-3-7-13)11-10-14-8-4-5-9-16(14)17/h1-9,15,17-18H,10-12H2/t15-,17+/m1/s1. The number of rotatable bonds is 2. The summed E-state index contributed by atoms with van der Waals surface area (Å²) in [6.07, 6.45) is 2.82. The number of hydrogen-bond acceptors (Lipinski definition) is 1. The Balaban J connectivity index is 1.81. The topological polar surface area (TPSA) is 20.2 Å². The normalized spacial score (nSPS) is 22.5. The lowest BCUT2D eigenvalue weighted by atomic mass is 9.78. The molecule has 1 N–H and O–H groups in total. The number of benzene rings is 2.